The lowest BCUT2D eigenvalue weighted by Gasteiger charge is -2.32. The minimum absolute atomic E-state index is 0.0277. The lowest BCUT2D eigenvalue weighted by atomic mass is 9.70. The quantitative estimate of drug-likeness (QED) is 0.461. The van der Waals surface area contributed by atoms with Crippen molar-refractivity contribution >= 4 is 5.71 Å². The van der Waals surface area contributed by atoms with Gasteiger partial charge >= 0.3 is 0 Å². The van der Waals surface area contributed by atoms with Crippen LogP contribution in [0.3, 0.4) is 0 Å². The van der Waals surface area contributed by atoms with Crippen LogP contribution in [-0.2, 0) is 0 Å². The van der Waals surface area contributed by atoms with Crippen LogP contribution in [0.1, 0.15) is 39.7 Å². The van der Waals surface area contributed by atoms with Gasteiger partial charge in [0.15, 0.2) is 12.4 Å². The zero-order valence-electron chi connectivity index (χ0n) is 11.3. The third kappa shape index (κ3) is 1.20. The van der Waals surface area contributed by atoms with Crippen LogP contribution in [0.25, 0.3) is 0 Å². The highest BCUT2D eigenvalue weighted by atomic mass is 16.4. The van der Waals surface area contributed by atoms with Gasteiger partial charge in [-0.25, -0.2) is 0 Å². The first-order valence-corrected chi connectivity index (χ1v) is 6.70. The maximum Gasteiger partial charge on any atom is 0.203 e. The molecule has 2 fully saturated rings. The predicted octanol–water partition coefficient (Wildman–Crippen LogP) is 2.80. The molecule has 0 spiro atoms. The van der Waals surface area contributed by atoms with E-state index in [0.29, 0.717) is 5.92 Å². The molecular formula is C15H21N2O+. The van der Waals surface area contributed by atoms with Crippen molar-refractivity contribution in [3.63, 3.8) is 0 Å². The van der Waals surface area contributed by atoms with Gasteiger partial charge in [0.05, 0.1) is 0 Å². The summed E-state index contributed by atoms with van der Waals surface area (Å²) in [6.07, 6.45) is 6.51. The number of oxime groups is 1. The van der Waals surface area contributed by atoms with Crippen molar-refractivity contribution in [2.45, 2.75) is 39.7 Å². The van der Waals surface area contributed by atoms with Gasteiger partial charge in [-0.05, 0) is 18.3 Å². The van der Waals surface area contributed by atoms with Crippen LogP contribution in [0.4, 0.5) is 0 Å². The lowest BCUT2D eigenvalue weighted by Crippen LogP contribution is -2.47. The number of aromatic nitrogens is 1. The van der Waals surface area contributed by atoms with Gasteiger partial charge in [-0.15, -0.1) is 0 Å². The topological polar surface area (TPSA) is 36.5 Å². The molecule has 0 unspecified atom stereocenters. The van der Waals surface area contributed by atoms with Crippen LogP contribution in [0.15, 0.2) is 35.7 Å². The summed E-state index contributed by atoms with van der Waals surface area (Å²) in [6, 6.07) is 6.31. The number of hydrogen-bond donors (Lipinski definition) is 1. The molecule has 2 aliphatic carbocycles. The molecule has 0 saturated heterocycles. The molecule has 1 N–H and O–H groups in total. The van der Waals surface area contributed by atoms with Gasteiger partial charge in [-0.2, -0.15) is 4.57 Å². The van der Waals surface area contributed by atoms with E-state index < -0.39 is 0 Å². The Balaban J connectivity index is 2.13. The summed E-state index contributed by atoms with van der Waals surface area (Å²) in [5.41, 5.74) is 1.18. The Morgan fingerprint density at radius 2 is 1.89 bits per heavy atom. The molecule has 1 heterocycles. The van der Waals surface area contributed by atoms with Crippen molar-refractivity contribution in [1.82, 2.24) is 0 Å². The first-order valence-electron chi connectivity index (χ1n) is 6.70. The molecule has 2 aliphatic rings. The van der Waals surface area contributed by atoms with Crippen LogP contribution in [0.2, 0.25) is 0 Å². The zero-order valence-corrected chi connectivity index (χ0v) is 11.3. The molecule has 1 aromatic rings. The molecule has 3 nitrogen and oxygen atoms in total. The monoisotopic (exact) mass is 245 g/mol. The van der Waals surface area contributed by atoms with E-state index in [1.807, 2.05) is 18.2 Å². The second kappa shape index (κ2) is 3.56. The van der Waals surface area contributed by atoms with Gasteiger partial charge in [-0.1, -0.05) is 32.0 Å². The Bertz CT molecular complexity index is 494. The summed E-state index contributed by atoms with van der Waals surface area (Å²) in [5, 5.41) is 13.2. The van der Waals surface area contributed by atoms with Crippen LogP contribution < -0.4 is 4.57 Å². The van der Waals surface area contributed by atoms with Gasteiger partial charge in [0.2, 0.25) is 6.04 Å². The summed E-state index contributed by atoms with van der Waals surface area (Å²) in [5.74, 6) is 0.556. The fraction of sp³-hybridized carbons (Fsp3) is 0.600. The summed E-state index contributed by atoms with van der Waals surface area (Å²) in [6.45, 7) is 6.89. The first-order chi connectivity index (χ1) is 8.52. The van der Waals surface area contributed by atoms with Crippen molar-refractivity contribution < 1.29 is 9.77 Å². The van der Waals surface area contributed by atoms with E-state index in [1.54, 1.807) is 0 Å². The Labute approximate surface area is 108 Å². The highest BCUT2D eigenvalue weighted by Gasteiger charge is 2.68. The van der Waals surface area contributed by atoms with Gasteiger partial charge in [0.25, 0.3) is 0 Å². The van der Waals surface area contributed by atoms with Gasteiger partial charge in [-0.3, -0.25) is 0 Å². The largest absolute Gasteiger partial charge is 0.411 e. The van der Waals surface area contributed by atoms with E-state index >= 15 is 0 Å². The van der Waals surface area contributed by atoms with Crippen LogP contribution in [-0.4, -0.2) is 10.9 Å². The maximum absolute atomic E-state index is 9.49. The van der Waals surface area contributed by atoms with E-state index in [2.05, 4.69) is 42.9 Å². The molecular weight excluding hydrogens is 224 g/mol. The molecule has 3 atom stereocenters. The molecule has 3 rings (SSSR count). The zero-order chi connectivity index (χ0) is 13.0. The summed E-state index contributed by atoms with van der Waals surface area (Å²) in [7, 11) is 0. The van der Waals surface area contributed by atoms with Crippen LogP contribution >= 0.6 is 0 Å². The number of hydrogen-bond acceptors (Lipinski definition) is 2. The Morgan fingerprint density at radius 1 is 1.22 bits per heavy atom. The molecule has 1 aromatic heterocycles. The molecule has 18 heavy (non-hydrogen) atoms. The highest BCUT2D eigenvalue weighted by Crippen LogP contribution is 2.66. The second-order valence-electron chi connectivity index (χ2n) is 6.45. The van der Waals surface area contributed by atoms with E-state index in [0.717, 1.165) is 12.1 Å². The third-order valence-corrected chi connectivity index (χ3v) is 5.70. The Hall–Kier alpha value is -1.38. The van der Waals surface area contributed by atoms with Gasteiger partial charge in [0.1, 0.15) is 5.71 Å². The summed E-state index contributed by atoms with van der Waals surface area (Å²) in [4.78, 5) is 0. The molecule has 0 aliphatic heterocycles. The van der Waals surface area contributed by atoms with Crippen molar-refractivity contribution in [2.75, 3.05) is 0 Å². The standard InChI is InChI=1S/C15H20N2O/c1-14(2)11-7-8-15(14,3)13(16-18)12(11)17-9-5-4-6-10-17/h4-6,9-12H,7-8H2,1-3H3/p+1/b16-13-/t11-,12+,15+/m1/s1. The maximum atomic E-state index is 9.49. The molecule has 3 heteroatoms. The molecule has 2 bridgehead atoms. The summed E-state index contributed by atoms with van der Waals surface area (Å²) < 4.78 is 2.20. The fourth-order valence-corrected chi connectivity index (χ4v) is 4.18. The van der Waals surface area contributed by atoms with Gasteiger partial charge < -0.3 is 5.21 Å². The Morgan fingerprint density at radius 3 is 2.50 bits per heavy atom. The Kier molecular flexibility index (Phi) is 2.31. The van der Waals surface area contributed by atoms with Crippen molar-refractivity contribution in [3.05, 3.63) is 30.6 Å². The normalized spacial score (nSPS) is 39.4. The number of rotatable bonds is 1. The first kappa shape index (κ1) is 11.7. The van der Waals surface area contributed by atoms with Crippen LogP contribution in [0, 0.1) is 16.7 Å². The number of nitrogens with zero attached hydrogens (tertiary/aromatic N) is 2. The van der Waals surface area contributed by atoms with E-state index in [9.17, 15) is 5.21 Å². The summed E-state index contributed by atoms with van der Waals surface area (Å²) >= 11 is 0. The number of fused-ring (bicyclic) bond motifs is 2. The van der Waals surface area contributed by atoms with E-state index in [4.69, 9.17) is 0 Å². The van der Waals surface area contributed by atoms with Crippen molar-refractivity contribution in [2.24, 2.45) is 21.9 Å². The molecule has 96 valence electrons. The minimum Gasteiger partial charge on any atom is -0.411 e. The van der Waals surface area contributed by atoms with Crippen molar-refractivity contribution in [3.8, 4) is 0 Å². The smallest absolute Gasteiger partial charge is 0.203 e. The molecule has 0 aromatic carbocycles. The molecule has 0 amide bonds. The SMILES string of the molecule is CC1(C)[C@@H]2CC[C@@]1(C)/C(=N\O)[C@H]2[n+]1ccccc1. The fourth-order valence-electron chi connectivity index (χ4n) is 4.18. The third-order valence-electron chi connectivity index (χ3n) is 5.70. The average Bonchev–Trinajstić information content (AvgIpc) is 2.70. The van der Waals surface area contributed by atoms with E-state index in [-0.39, 0.29) is 16.9 Å². The lowest BCUT2D eigenvalue weighted by molar-refractivity contribution is -0.713. The van der Waals surface area contributed by atoms with Gasteiger partial charge in [0, 0.05) is 23.5 Å². The average molecular weight is 245 g/mol. The van der Waals surface area contributed by atoms with Crippen molar-refractivity contribution in [1.29, 1.82) is 0 Å². The highest BCUT2D eigenvalue weighted by molar-refractivity contribution is 5.96. The van der Waals surface area contributed by atoms with Crippen LogP contribution in [0.5, 0.6) is 0 Å². The molecule has 2 saturated carbocycles. The minimum atomic E-state index is 0.0277. The number of pyridine rings is 1. The van der Waals surface area contributed by atoms with E-state index in [1.165, 1.54) is 6.42 Å². The second-order valence-corrected chi connectivity index (χ2v) is 6.45. The predicted molar refractivity (Wildman–Crippen MR) is 69.5 cm³/mol. The molecule has 0 radical (unpaired) electrons.